The van der Waals surface area contributed by atoms with Crippen LogP contribution >= 0.6 is 22.9 Å². The second kappa shape index (κ2) is 5.34. The van der Waals surface area contributed by atoms with E-state index in [1.807, 2.05) is 35.7 Å². The lowest BCUT2D eigenvalue weighted by Crippen LogP contribution is -1.97. The van der Waals surface area contributed by atoms with Crippen molar-refractivity contribution in [2.24, 2.45) is 0 Å². The number of hydrogen-bond acceptors (Lipinski definition) is 5. The summed E-state index contributed by atoms with van der Waals surface area (Å²) in [6.45, 7) is 0. The molecule has 0 aliphatic carbocycles. The molecule has 0 fully saturated rings. The van der Waals surface area contributed by atoms with Crippen molar-refractivity contribution in [1.82, 2.24) is 15.0 Å². The highest BCUT2D eigenvalue weighted by Gasteiger charge is 2.04. The Morgan fingerprint density at radius 2 is 1.84 bits per heavy atom. The molecule has 3 rings (SSSR count). The average Bonchev–Trinajstić information content (AvgIpc) is 2.96. The van der Waals surface area contributed by atoms with E-state index in [-0.39, 0.29) is 0 Å². The van der Waals surface area contributed by atoms with E-state index in [0.717, 1.165) is 16.4 Å². The summed E-state index contributed by atoms with van der Waals surface area (Å²) in [5, 5.41) is 6.62. The first-order valence-electron chi connectivity index (χ1n) is 5.57. The molecule has 0 unspecified atom stereocenters. The van der Waals surface area contributed by atoms with Gasteiger partial charge < -0.3 is 5.32 Å². The molecule has 3 aromatic rings. The van der Waals surface area contributed by atoms with Gasteiger partial charge in [-0.05, 0) is 30.3 Å². The number of hydrogen-bond donors (Lipinski definition) is 1. The van der Waals surface area contributed by atoms with E-state index in [2.05, 4.69) is 20.3 Å². The van der Waals surface area contributed by atoms with Crippen molar-refractivity contribution < 1.29 is 0 Å². The van der Waals surface area contributed by atoms with Crippen LogP contribution in [-0.4, -0.2) is 15.0 Å². The number of aromatic nitrogens is 3. The van der Waals surface area contributed by atoms with Gasteiger partial charge in [0.05, 0.1) is 0 Å². The van der Waals surface area contributed by atoms with Crippen LogP contribution in [0, 0.1) is 0 Å². The average molecular weight is 289 g/mol. The topological polar surface area (TPSA) is 50.7 Å². The Balaban J connectivity index is 1.85. The maximum Gasteiger partial charge on any atom is 0.227 e. The van der Waals surface area contributed by atoms with Crippen molar-refractivity contribution in [2.45, 2.75) is 0 Å². The number of benzene rings is 1. The lowest BCUT2D eigenvalue weighted by atomic mass is 10.3. The van der Waals surface area contributed by atoms with E-state index < -0.39 is 0 Å². The summed E-state index contributed by atoms with van der Waals surface area (Å²) in [5.74, 6) is 0.537. The maximum absolute atomic E-state index is 5.84. The first-order valence-corrected chi connectivity index (χ1v) is 6.82. The van der Waals surface area contributed by atoms with Crippen LogP contribution in [0.1, 0.15) is 0 Å². The molecule has 0 saturated heterocycles. The summed E-state index contributed by atoms with van der Waals surface area (Å²) in [6.07, 6.45) is 3.47. The van der Waals surface area contributed by atoms with Gasteiger partial charge in [0.25, 0.3) is 0 Å². The van der Waals surface area contributed by atoms with Crippen molar-refractivity contribution in [3.05, 3.63) is 53.1 Å². The molecule has 0 spiro atoms. The second-order valence-corrected chi connectivity index (χ2v) is 5.07. The second-order valence-electron chi connectivity index (χ2n) is 3.73. The third-order valence-electron chi connectivity index (χ3n) is 2.41. The molecule has 2 heterocycles. The molecule has 0 radical (unpaired) electrons. The highest BCUT2D eigenvalue weighted by atomic mass is 35.5. The Labute approximate surface area is 119 Å². The number of nitrogens with one attached hydrogen (secondary N) is 1. The fourth-order valence-electron chi connectivity index (χ4n) is 1.55. The standard InChI is InChI=1S/C13H9ClN4S/c14-9-1-3-10(4-2-9)17-13-16-6-5-11(18-13)12-15-7-8-19-12/h1-8H,(H,16,17,18). The summed E-state index contributed by atoms with van der Waals surface area (Å²) in [5.41, 5.74) is 1.70. The van der Waals surface area contributed by atoms with Crippen LogP contribution in [0.2, 0.25) is 5.02 Å². The van der Waals surface area contributed by atoms with Crippen molar-refractivity contribution in [3.8, 4) is 10.7 Å². The predicted molar refractivity (Wildman–Crippen MR) is 77.9 cm³/mol. The van der Waals surface area contributed by atoms with Crippen LogP contribution in [0.4, 0.5) is 11.6 Å². The Kier molecular flexibility index (Phi) is 3.39. The summed E-state index contributed by atoms with van der Waals surface area (Å²) < 4.78 is 0. The molecule has 4 nitrogen and oxygen atoms in total. The SMILES string of the molecule is Clc1ccc(Nc2nccc(-c3nccs3)n2)cc1. The number of rotatable bonds is 3. The molecule has 0 atom stereocenters. The molecule has 0 aliphatic rings. The van der Waals surface area contributed by atoms with Gasteiger partial charge in [0.2, 0.25) is 5.95 Å². The van der Waals surface area contributed by atoms with E-state index in [1.165, 1.54) is 0 Å². The molecule has 1 aromatic carbocycles. The Bertz CT molecular complexity index is 667. The highest BCUT2D eigenvalue weighted by Crippen LogP contribution is 2.21. The zero-order chi connectivity index (χ0) is 13.1. The minimum atomic E-state index is 0.537. The van der Waals surface area contributed by atoms with Gasteiger partial charge in [-0.2, -0.15) is 0 Å². The van der Waals surface area contributed by atoms with Crippen molar-refractivity contribution >= 4 is 34.6 Å². The monoisotopic (exact) mass is 288 g/mol. The summed E-state index contributed by atoms with van der Waals surface area (Å²) in [4.78, 5) is 12.8. The fourth-order valence-corrected chi connectivity index (χ4v) is 2.28. The van der Waals surface area contributed by atoms with Crippen LogP contribution < -0.4 is 5.32 Å². The number of nitrogens with zero attached hydrogens (tertiary/aromatic N) is 3. The van der Waals surface area contributed by atoms with Crippen LogP contribution in [0.5, 0.6) is 0 Å². The summed E-state index contributed by atoms with van der Waals surface area (Å²) in [7, 11) is 0. The smallest absolute Gasteiger partial charge is 0.227 e. The largest absolute Gasteiger partial charge is 0.324 e. The molecule has 2 aromatic heterocycles. The van der Waals surface area contributed by atoms with Gasteiger partial charge in [-0.1, -0.05) is 11.6 Å². The molecule has 19 heavy (non-hydrogen) atoms. The Hall–Kier alpha value is -1.98. The first-order chi connectivity index (χ1) is 9.31. The lowest BCUT2D eigenvalue weighted by molar-refractivity contribution is 1.16. The van der Waals surface area contributed by atoms with Crippen molar-refractivity contribution in [1.29, 1.82) is 0 Å². The summed E-state index contributed by atoms with van der Waals surface area (Å²) >= 11 is 7.39. The van der Waals surface area contributed by atoms with E-state index >= 15 is 0 Å². The third kappa shape index (κ3) is 2.89. The van der Waals surface area contributed by atoms with Crippen molar-refractivity contribution in [3.63, 3.8) is 0 Å². The molecule has 0 amide bonds. The number of thiazole rings is 1. The minimum Gasteiger partial charge on any atom is -0.324 e. The Morgan fingerprint density at radius 1 is 1.00 bits per heavy atom. The molecule has 6 heteroatoms. The zero-order valence-corrected chi connectivity index (χ0v) is 11.3. The molecule has 0 bridgehead atoms. The van der Waals surface area contributed by atoms with E-state index in [0.29, 0.717) is 11.0 Å². The normalized spacial score (nSPS) is 10.4. The van der Waals surface area contributed by atoms with Gasteiger partial charge in [-0.15, -0.1) is 11.3 Å². The Morgan fingerprint density at radius 3 is 2.58 bits per heavy atom. The number of anilines is 2. The summed E-state index contributed by atoms with van der Waals surface area (Å²) in [6, 6.07) is 9.22. The van der Waals surface area contributed by atoms with E-state index in [4.69, 9.17) is 11.6 Å². The molecule has 0 saturated carbocycles. The maximum atomic E-state index is 5.84. The molecular weight excluding hydrogens is 280 g/mol. The third-order valence-corrected chi connectivity index (χ3v) is 3.45. The van der Waals surface area contributed by atoms with Gasteiger partial charge in [0.1, 0.15) is 10.7 Å². The minimum absolute atomic E-state index is 0.537. The van der Waals surface area contributed by atoms with Gasteiger partial charge in [-0.3, -0.25) is 0 Å². The van der Waals surface area contributed by atoms with Crippen LogP contribution in [0.3, 0.4) is 0 Å². The van der Waals surface area contributed by atoms with Gasteiger partial charge in [-0.25, -0.2) is 15.0 Å². The van der Waals surface area contributed by atoms with Crippen LogP contribution in [0.25, 0.3) is 10.7 Å². The fraction of sp³-hybridized carbons (Fsp3) is 0. The molecule has 94 valence electrons. The molecule has 1 N–H and O–H groups in total. The zero-order valence-electron chi connectivity index (χ0n) is 9.75. The predicted octanol–water partition coefficient (Wildman–Crippen LogP) is 4.00. The highest BCUT2D eigenvalue weighted by molar-refractivity contribution is 7.13. The molecular formula is C13H9ClN4S. The van der Waals surface area contributed by atoms with E-state index in [1.54, 1.807) is 23.7 Å². The quantitative estimate of drug-likeness (QED) is 0.791. The van der Waals surface area contributed by atoms with Gasteiger partial charge >= 0.3 is 0 Å². The number of halogens is 1. The lowest BCUT2D eigenvalue weighted by Gasteiger charge is -2.05. The van der Waals surface area contributed by atoms with Crippen LogP contribution in [0.15, 0.2) is 48.1 Å². The van der Waals surface area contributed by atoms with Gasteiger partial charge in [0.15, 0.2) is 0 Å². The van der Waals surface area contributed by atoms with E-state index in [9.17, 15) is 0 Å². The molecule has 0 aliphatic heterocycles. The van der Waals surface area contributed by atoms with Crippen molar-refractivity contribution in [2.75, 3.05) is 5.32 Å². The first kappa shape index (κ1) is 12.1. The van der Waals surface area contributed by atoms with Crippen LogP contribution in [-0.2, 0) is 0 Å². The van der Waals surface area contributed by atoms with Gasteiger partial charge in [0, 0.05) is 28.5 Å².